The molecular weight excluding hydrogens is 1370 g/mol. The molecule has 0 aromatic rings. The van der Waals surface area contributed by atoms with Crippen LogP contribution in [0.3, 0.4) is 0 Å². The molecule has 0 saturated heterocycles. The summed E-state index contributed by atoms with van der Waals surface area (Å²) in [6.45, 7) is 7.56. The van der Waals surface area contributed by atoms with Crippen molar-refractivity contribution in [3.63, 3.8) is 0 Å². The molecule has 95 heavy (non-hydrogen) atoms. The zero-order chi connectivity index (χ0) is 69.4. The SMILES string of the molecule is CCCCCCCC/C=C\CCCCCCCC(=O)O[C@@H](COC(=O)CCCCCCCCCCCCCCC)COP(=O)([O-])OC.CCCCCCCC/C=C\CCCCCCCC(=O)O[C@@H](COC(=O)CCCCCCCCCCCCCCC)COP(=O)([O-])OC.[Ba+2]. The molecule has 0 aromatic carbocycles. The van der Waals surface area contributed by atoms with Crippen molar-refractivity contribution in [1.29, 1.82) is 0 Å². The van der Waals surface area contributed by atoms with Gasteiger partial charge in [0.15, 0.2) is 12.2 Å². The number of allylic oxidation sites excluding steroid dienone is 4. The first kappa shape index (κ1) is 98.3. The van der Waals surface area contributed by atoms with E-state index >= 15 is 0 Å². The van der Waals surface area contributed by atoms with Crippen molar-refractivity contribution in [2.24, 2.45) is 0 Å². The second kappa shape index (κ2) is 77.3. The normalized spacial score (nSPS) is 13.4. The predicted molar refractivity (Wildman–Crippen MR) is 388 cm³/mol. The zero-order valence-electron chi connectivity index (χ0n) is 62.0. The van der Waals surface area contributed by atoms with Crippen LogP contribution in [0.5, 0.6) is 0 Å². The Hall–Kier alpha value is -0.849. The number of hydrogen-bond acceptors (Lipinski definition) is 16. The summed E-state index contributed by atoms with van der Waals surface area (Å²) in [5, 5.41) is 0. The Morgan fingerprint density at radius 2 is 0.484 bits per heavy atom. The smallest absolute Gasteiger partial charge is 0.756 e. The Balaban J connectivity index is -0.00000176. The van der Waals surface area contributed by atoms with Crippen LogP contribution >= 0.6 is 15.6 Å². The number of esters is 4. The van der Waals surface area contributed by atoms with Gasteiger partial charge in [0.25, 0.3) is 15.6 Å². The summed E-state index contributed by atoms with van der Waals surface area (Å²) in [5.41, 5.74) is 0. The van der Waals surface area contributed by atoms with E-state index in [0.29, 0.717) is 12.8 Å². The maximum Gasteiger partial charge on any atom is 2.00 e. The molecule has 2 unspecified atom stereocenters. The summed E-state index contributed by atoms with van der Waals surface area (Å²) in [5.74, 6) is -1.68. The number of carbonyl (C=O) groups is 4. The predicted octanol–water partition coefficient (Wildman–Crippen LogP) is 21.8. The Labute approximate surface area is 623 Å². The monoisotopic (exact) mass is 1510 g/mol. The van der Waals surface area contributed by atoms with Crippen LogP contribution in [0.25, 0.3) is 0 Å². The van der Waals surface area contributed by atoms with Crippen LogP contribution in [0.2, 0.25) is 0 Å². The summed E-state index contributed by atoms with van der Waals surface area (Å²) >= 11 is 0. The van der Waals surface area contributed by atoms with Crippen molar-refractivity contribution in [3.8, 4) is 0 Å². The number of rotatable bonds is 72. The minimum atomic E-state index is -4.50. The molecular formula is C76H144BaO16P2. The quantitative estimate of drug-likeness (QED) is 0.0138. The largest absolute Gasteiger partial charge is 2.00 e. The number of carbonyl (C=O) groups excluding carboxylic acids is 4. The maximum absolute atomic E-state index is 12.4. The molecule has 0 saturated carbocycles. The van der Waals surface area contributed by atoms with E-state index in [-0.39, 0.29) is 99.7 Å². The van der Waals surface area contributed by atoms with Gasteiger partial charge in [0.1, 0.15) is 13.2 Å². The molecule has 0 rings (SSSR count). The number of ether oxygens (including phenoxy) is 4. The molecule has 4 atom stereocenters. The van der Waals surface area contributed by atoms with E-state index in [9.17, 15) is 38.1 Å². The van der Waals surface area contributed by atoms with E-state index in [1.165, 1.54) is 218 Å². The third-order valence-electron chi connectivity index (χ3n) is 17.0. The van der Waals surface area contributed by atoms with E-state index in [1.54, 1.807) is 0 Å². The number of phosphoric acid groups is 2. The Bertz CT molecular complexity index is 1710. The van der Waals surface area contributed by atoms with Crippen LogP contribution in [-0.4, -0.2) is 126 Å². The van der Waals surface area contributed by atoms with Gasteiger partial charge in [-0.1, -0.05) is 309 Å². The van der Waals surface area contributed by atoms with Crippen LogP contribution in [0.4, 0.5) is 0 Å². The molecule has 0 heterocycles. The third kappa shape index (κ3) is 78.7. The standard InChI is InChI=1S/2C38H73O8P.Ba/c2*1-4-6-8-10-12-14-16-18-19-21-23-25-27-29-31-33-38(40)46-36(35-45-47(41,42)43-3)34-44-37(39)32-30-28-26-24-22-20-17-15-13-11-9-7-5-2;/h2*18-19,36H,4-17,20-35H2,1-3H3,(H,41,42);/q;;+2/p-2/b2*19-18-;/t2*36-;/m00./s1. The fraction of sp³-hybridized carbons (Fsp3) is 0.895. The van der Waals surface area contributed by atoms with Crippen molar-refractivity contribution >= 4 is 88.4 Å². The molecule has 0 aromatic heterocycles. The van der Waals surface area contributed by atoms with E-state index in [0.717, 1.165) is 117 Å². The molecule has 0 aliphatic rings. The van der Waals surface area contributed by atoms with Gasteiger partial charge in [-0.2, -0.15) is 0 Å². The average Bonchev–Trinajstić information content (AvgIpc) is 2.06. The van der Waals surface area contributed by atoms with Crippen molar-refractivity contribution < 1.29 is 75.1 Å². The Kier molecular flexibility index (Phi) is 80.0. The van der Waals surface area contributed by atoms with Crippen molar-refractivity contribution in [2.45, 2.75) is 399 Å². The molecule has 16 nitrogen and oxygen atoms in total. The second-order valence-corrected chi connectivity index (χ2v) is 29.1. The molecule has 0 amide bonds. The van der Waals surface area contributed by atoms with Crippen molar-refractivity contribution in [2.75, 3.05) is 40.6 Å². The fourth-order valence-electron chi connectivity index (χ4n) is 10.9. The summed E-state index contributed by atoms with van der Waals surface area (Å²) in [7, 11) is -7.01. The summed E-state index contributed by atoms with van der Waals surface area (Å²) < 4.78 is 63.0. The molecule has 0 radical (unpaired) electrons. The van der Waals surface area contributed by atoms with Crippen LogP contribution in [-0.2, 0) is 65.4 Å². The molecule has 556 valence electrons. The molecule has 0 fully saturated rings. The first-order chi connectivity index (χ1) is 45.7. The Morgan fingerprint density at radius 1 is 0.295 bits per heavy atom. The minimum Gasteiger partial charge on any atom is -0.756 e. The summed E-state index contributed by atoms with van der Waals surface area (Å²) in [4.78, 5) is 72.7. The number of unbranched alkanes of at least 4 members (excludes halogenated alkanes) is 46. The molecule has 0 N–H and O–H groups in total. The van der Waals surface area contributed by atoms with Gasteiger partial charge in [-0.25, -0.2) is 0 Å². The zero-order valence-corrected chi connectivity index (χ0v) is 68.3. The summed E-state index contributed by atoms with van der Waals surface area (Å²) in [6, 6.07) is 0. The number of phosphoric ester groups is 2. The number of hydrogen-bond donors (Lipinski definition) is 0. The summed E-state index contributed by atoms with van der Waals surface area (Å²) in [6.07, 6.45) is 70.4. The van der Waals surface area contributed by atoms with Gasteiger partial charge in [-0.15, -0.1) is 0 Å². The topological polar surface area (TPSA) is 222 Å². The first-order valence-corrected chi connectivity index (χ1v) is 41.6. The van der Waals surface area contributed by atoms with Crippen LogP contribution in [0.15, 0.2) is 24.3 Å². The minimum absolute atomic E-state index is 0. The first-order valence-electron chi connectivity index (χ1n) is 38.7. The molecule has 0 aliphatic carbocycles. The molecule has 19 heteroatoms. The second-order valence-electron chi connectivity index (χ2n) is 26.1. The maximum atomic E-state index is 12.4. The average molecular weight is 1510 g/mol. The van der Waals surface area contributed by atoms with Gasteiger partial charge >= 0.3 is 72.8 Å². The van der Waals surface area contributed by atoms with Gasteiger partial charge < -0.3 is 46.8 Å². The van der Waals surface area contributed by atoms with Crippen LogP contribution < -0.4 is 9.79 Å². The van der Waals surface area contributed by atoms with Crippen molar-refractivity contribution in [1.82, 2.24) is 0 Å². The van der Waals surface area contributed by atoms with E-state index in [4.69, 9.17) is 28.0 Å². The molecule has 0 bridgehead atoms. The van der Waals surface area contributed by atoms with Gasteiger partial charge in [0.05, 0.1) is 13.2 Å². The van der Waals surface area contributed by atoms with E-state index in [1.807, 2.05) is 0 Å². The van der Waals surface area contributed by atoms with Crippen molar-refractivity contribution in [3.05, 3.63) is 24.3 Å². The van der Waals surface area contributed by atoms with Crippen LogP contribution in [0, 0.1) is 0 Å². The van der Waals surface area contributed by atoms with Gasteiger partial charge in [0.2, 0.25) is 0 Å². The molecule has 0 aliphatic heterocycles. The van der Waals surface area contributed by atoms with Gasteiger partial charge in [-0.3, -0.25) is 28.3 Å². The van der Waals surface area contributed by atoms with E-state index in [2.05, 4.69) is 61.0 Å². The molecule has 0 spiro atoms. The van der Waals surface area contributed by atoms with E-state index < -0.39 is 53.0 Å². The fourth-order valence-corrected chi connectivity index (χ4v) is 11.9. The van der Waals surface area contributed by atoms with Gasteiger partial charge in [0, 0.05) is 39.9 Å². The van der Waals surface area contributed by atoms with Gasteiger partial charge in [-0.05, 0) is 77.0 Å². The Morgan fingerprint density at radius 3 is 0.695 bits per heavy atom. The third-order valence-corrected chi connectivity index (χ3v) is 18.8. The van der Waals surface area contributed by atoms with Crippen LogP contribution in [0.1, 0.15) is 387 Å².